The van der Waals surface area contributed by atoms with E-state index in [1.807, 2.05) is 32.0 Å². The van der Waals surface area contributed by atoms with Crippen molar-refractivity contribution < 1.29 is 19.1 Å². The highest BCUT2D eigenvalue weighted by Crippen LogP contribution is 2.29. The van der Waals surface area contributed by atoms with Gasteiger partial charge >= 0.3 is 0 Å². The highest BCUT2D eigenvalue weighted by Gasteiger charge is 2.08. The number of nitrogens with one attached hydrogen (secondary N) is 2. The summed E-state index contributed by atoms with van der Waals surface area (Å²) in [6, 6.07) is 15.8. The predicted molar refractivity (Wildman–Crippen MR) is 130 cm³/mol. The summed E-state index contributed by atoms with van der Waals surface area (Å²) in [6.07, 6.45) is 7.17. The van der Waals surface area contributed by atoms with Crippen molar-refractivity contribution in [2.45, 2.75) is 20.3 Å². The first-order valence-electron chi connectivity index (χ1n) is 10.8. The molecule has 170 valence electrons. The second-order valence-corrected chi connectivity index (χ2v) is 7.08. The SMILES string of the molecule is CCCOc1ccc(/C=C/C(=O)Nc2cccc(NC(=O)c3ccncc3)c2)cc1OCC. The van der Waals surface area contributed by atoms with Crippen LogP contribution < -0.4 is 20.1 Å². The van der Waals surface area contributed by atoms with Crippen LogP contribution >= 0.6 is 0 Å². The molecule has 0 saturated carbocycles. The number of benzene rings is 2. The van der Waals surface area contributed by atoms with Gasteiger partial charge in [0.15, 0.2) is 11.5 Å². The van der Waals surface area contributed by atoms with Gasteiger partial charge in [0.05, 0.1) is 13.2 Å². The minimum absolute atomic E-state index is 0.253. The summed E-state index contributed by atoms with van der Waals surface area (Å²) in [5.41, 5.74) is 2.45. The number of pyridine rings is 1. The molecule has 0 aliphatic carbocycles. The summed E-state index contributed by atoms with van der Waals surface area (Å²) in [4.78, 5) is 28.6. The van der Waals surface area contributed by atoms with E-state index in [1.54, 1.807) is 54.9 Å². The second-order valence-electron chi connectivity index (χ2n) is 7.08. The van der Waals surface area contributed by atoms with Crippen molar-refractivity contribution in [1.29, 1.82) is 0 Å². The van der Waals surface area contributed by atoms with Crippen molar-refractivity contribution in [3.63, 3.8) is 0 Å². The number of hydrogen-bond acceptors (Lipinski definition) is 5. The molecule has 2 N–H and O–H groups in total. The molecule has 7 heteroatoms. The van der Waals surface area contributed by atoms with Gasteiger partial charge in [0.2, 0.25) is 5.91 Å². The highest BCUT2D eigenvalue weighted by molar-refractivity contribution is 6.05. The van der Waals surface area contributed by atoms with Crippen LogP contribution in [0.15, 0.2) is 73.1 Å². The van der Waals surface area contributed by atoms with Gasteiger partial charge < -0.3 is 20.1 Å². The predicted octanol–water partition coefficient (Wildman–Crippen LogP) is 5.17. The van der Waals surface area contributed by atoms with E-state index in [0.29, 0.717) is 41.7 Å². The highest BCUT2D eigenvalue weighted by atomic mass is 16.5. The topological polar surface area (TPSA) is 89.6 Å². The van der Waals surface area contributed by atoms with Crippen molar-refractivity contribution in [1.82, 2.24) is 4.98 Å². The van der Waals surface area contributed by atoms with Crippen LogP contribution in [0.2, 0.25) is 0 Å². The van der Waals surface area contributed by atoms with E-state index >= 15 is 0 Å². The van der Waals surface area contributed by atoms with Gasteiger partial charge in [0.25, 0.3) is 5.91 Å². The minimum atomic E-state index is -0.295. The van der Waals surface area contributed by atoms with Crippen LogP contribution in [0, 0.1) is 0 Å². The Labute approximate surface area is 193 Å². The molecular formula is C26H27N3O4. The molecule has 2 aromatic carbocycles. The van der Waals surface area contributed by atoms with Crippen LogP contribution in [0.3, 0.4) is 0 Å². The van der Waals surface area contributed by atoms with Crippen molar-refractivity contribution in [3.05, 3.63) is 84.2 Å². The molecule has 0 aliphatic rings. The molecule has 0 saturated heterocycles. The van der Waals surface area contributed by atoms with Gasteiger partial charge in [-0.25, -0.2) is 0 Å². The van der Waals surface area contributed by atoms with E-state index in [1.165, 1.54) is 6.08 Å². The Kier molecular flexibility index (Phi) is 8.59. The number of amides is 2. The molecule has 1 heterocycles. The molecule has 0 aliphatic heterocycles. The zero-order valence-corrected chi connectivity index (χ0v) is 18.7. The molecule has 0 atom stereocenters. The number of hydrogen-bond donors (Lipinski definition) is 2. The van der Waals surface area contributed by atoms with Gasteiger partial charge in [-0.2, -0.15) is 0 Å². The number of aromatic nitrogens is 1. The Hall–Kier alpha value is -4.13. The molecule has 3 rings (SSSR count). The Morgan fingerprint density at radius 1 is 0.909 bits per heavy atom. The molecule has 33 heavy (non-hydrogen) atoms. The van der Waals surface area contributed by atoms with Gasteiger partial charge in [-0.3, -0.25) is 14.6 Å². The molecule has 3 aromatic rings. The van der Waals surface area contributed by atoms with Crippen molar-refractivity contribution in [2.24, 2.45) is 0 Å². The van der Waals surface area contributed by atoms with Crippen molar-refractivity contribution in [3.8, 4) is 11.5 Å². The van der Waals surface area contributed by atoms with Crippen LogP contribution in [0.5, 0.6) is 11.5 Å². The van der Waals surface area contributed by atoms with Gasteiger partial charge in [0.1, 0.15) is 0 Å². The number of anilines is 2. The molecular weight excluding hydrogens is 418 g/mol. The molecule has 2 amide bonds. The summed E-state index contributed by atoms with van der Waals surface area (Å²) in [6.45, 7) is 5.08. The van der Waals surface area contributed by atoms with Gasteiger partial charge in [-0.05, 0) is 67.4 Å². The van der Waals surface area contributed by atoms with Crippen LogP contribution in [0.1, 0.15) is 36.2 Å². The first kappa shape index (κ1) is 23.5. The summed E-state index contributed by atoms with van der Waals surface area (Å²) in [5, 5.41) is 5.61. The average Bonchev–Trinajstić information content (AvgIpc) is 2.83. The first-order valence-corrected chi connectivity index (χ1v) is 10.8. The Bertz CT molecular complexity index is 1110. The minimum Gasteiger partial charge on any atom is -0.490 e. The summed E-state index contributed by atoms with van der Waals surface area (Å²) in [5.74, 6) is 0.784. The summed E-state index contributed by atoms with van der Waals surface area (Å²) in [7, 11) is 0. The third-order valence-corrected chi connectivity index (χ3v) is 4.49. The summed E-state index contributed by atoms with van der Waals surface area (Å²) >= 11 is 0. The third kappa shape index (κ3) is 7.21. The fourth-order valence-corrected chi connectivity index (χ4v) is 2.96. The quantitative estimate of drug-likeness (QED) is 0.420. The standard InChI is InChI=1S/C26H27N3O4/c1-3-16-33-23-10-8-19(17-24(23)32-4-2)9-11-25(30)28-21-6-5-7-22(18-21)29-26(31)20-12-14-27-15-13-20/h5-15,17-18H,3-4,16H2,1-2H3,(H,28,30)(H,29,31)/b11-9+. The van der Waals surface area contributed by atoms with Gasteiger partial charge in [-0.1, -0.05) is 19.1 Å². The molecule has 1 aromatic heterocycles. The number of carbonyl (C=O) groups excluding carboxylic acids is 2. The maximum Gasteiger partial charge on any atom is 0.255 e. The van der Waals surface area contributed by atoms with Gasteiger partial charge in [0, 0.05) is 35.4 Å². The average molecular weight is 446 g/mol. The second kappa shape index (κ2) is 12.0. The van der Waals surface area contributed by atoms with Crippen LogP contribution in [0.4, 0.5) is 11.4 Å². The molecule has 0 bridgehead atoms. The summed E-state index contributed by atoms with van der Waals surface area (Å²) < 4.78 is 11.4. The maximum absolute atomic E-state index is 12.4. The normalized spacial score (nSPS) is 10.6. The zero-order valence-electron chi connectivity index (χ0n) is 18.7. The molecule has 0 radical (unpaired) electrons. The van der Waals surface area contributed by atoms with Crippen LogP contribution in [-0.2, 0) is 4.79 Å². The van der Waals surface area contributed by atoms with Crippen molar-refractivity contribution in [2.75, 3.05) is 23.8 Å². The van der Waals surface area contributed by atoms with Gasteiger partial charge in [-0.15, -0.1) is 0 Å². The lowest BCUT2D eigenvalue weighted by Gasteiger charge is -2.12. The zero-order chi connectivity index (χ0) is 23.5. The van der Waals surface area contributed by atoms with Crippen LogP contribution in [0.25, 0.3) is 6.08 Å². The van der Waals surface area contributed by atoms with E-state index in [0.717, 1.165) is 12.0 Å². The number of nitrogens with zero attached hydrogens (tertiary/aromatic N) is 1. The number of carbonyl (C=O) groups is 2. The Balaban J connectivity index is 1.63. The monoisotopic (exact) mass is 445 g/mol. The molecule has 0 spiro atoms. The van der Waals surface area contributed by atoms with E-state index < -0.39 is 0 Å². The lowest BCUT2D eigenvalue weighted by molar-refractivity contribution is -0.111. The van der Waals surface area contributed by atoms with E-state index in [4.69, 9.17) is 9.47 Å². The Morgan fingerprint density at radius 3 is 2.39 bits per heavy atom. The lowest BCUT2D eigenvalue weighted by Crippen LogP contribution is -2.12. The number of ether oxygens (including phenoxy) is 2. The lowest BCUT2D eigenvalue weighted by atomic mass is 10.2. The Morgan fingerprint density at radius 2 is 1.67 bits per heavy atom. The number of rotatable bonds is 10. The van der Waals surface area contributed by atoms with E-state index in [9.17, 15) is 9.59 Å². The fourth-order valence-electron chi connectivity index (χ4n) is 2.96. The smallest absolute Gasteiger partial charge is 0.255 e. The third-order valence-electron chi connectivity index (χ3n) is 4.49. The molecule has 0 fully saturated rings. The molecule has 7 nitrogen and oxygen atoms in total. The first-order chi connectivity index (χ1) is 16.1. The van der Waals surface area contributed by atoms with Crippen LogP contribution in [-0.4, -0.2) is 30.0 Å². The largest absolute Gasteiger partial charge is 0.490 e. The fraction of sp³-hybridized carbons (Fsp3) is 0.192. The molecule has 0 unspecified atom stereocenters. The van der Waals surface area contributed by atoms with E-state index in [2.05, 4.69) is 15.6 Å². The maximum atomic E-state index is 12.4. The van der Waals surface area contributed by atoms with Crippen molar-refractivity contribution >= 4 is 29.3 Å². The van der Waals surface area contributed by atoms with E-state index in [-0.39, 0.29) is 11.8 Å².